The predicted octanol–water partition coefficient (Wildman–Crippen LogP) is 2.04. The Hall–Kier alpha value is -1.55. The summed E-state index contributed by atoms with van der Waals surface area (Å²) in [6.45, 7) is 5.33. The highest BCUT2D eigenvalue weighted by Crippen LogP contribution is 2.17. The molecule has 0 spiro atoms. The fourth-order valence-corrected chi connectivity index (χ4v) is 2.73. The van der Waals surface area contributed by atoms with Crippen LogP contribution in [0.3, 0.4) is 0 Å². The van der Waals surface area contributed by atoms with Crippen LogP contribution in [0.2, 0.25) is 0 Å². The summed E-state index contributed by atoms with van der Waals surface area (Å²) < 4.78 is 5.28. The van der Waals surface area contributed by atoms with Crippen LogP contribution in [0.5, 0.6) is 5.75 Å². The van der Waals surface area contributed by atoms with Crippen molar-refractivity contribution in [1.82, 2.24) is 10.2 Å². The van der Waals surface area contributed by atoms with Crippen LogP contribution >= 0.6 is 0 Å². The maximum Gasteiger partial charge on any atom is 0.234 e. The normalized spacial score (nSPS) is 19.6. The van der Waals surface area contributed by atoms with Crippen LogP contribution in [0.25, 0.3) is 0 Å². The van der Waals surface area contributed by atoms with Gasteiger partial charge in [-0.3, -0.25) is 9.69 Å². The number of nitrogens with one attached hydrogen (secondary N) is 1. The minimum Gasteiger partial charge on any atom is -0.496 e. The lowest BCUT2D eigenvalue weighted by Gasteiger charge is -2.30. The monoisotopic (exact) mass is 276 g/mol. The summed E-state index contributed by atoms with van der Waals surface area (Å²) in [5.41, 5.74) is 1.01. The van der Waals surface area contributed by atoms with Crippen molar-refractivity contribution in [2.24, 2.45) is 5.92 Å². The minimum atomic E-state index is 0.0880. The van der Waals surface area contributed by atoms with E-state index in [1.54, 1.807) is 7.11 Å². The van der Waals surface area contributed by atoms with Gasteiger partial charge in [-0.1, -0.05) is 25.1 Å². The minimum absolute atomic E-state index is 0.0880. The fourth-order valence-electron chi connectivity index (χ4n) is 2.73. The van der Waals surface area contributed by atoms with Gasteiger partial charge in [0, 0.05) is 18.7 Å². The standard InChI is InChI=1S/C16H24N2O2/c1-13-6-5-9-18(11-13)12-16(19)17-10-14-7-3-4-8-15(14)20-2/h3-4,7-8,13H,5-6,9-12H2,1-2H3,(H,17,19). The van der Waals surface area contributed by atoms with E-state index in [4.69, 9.17) is 4.74 Å². The van der Waals surface area contributed by atoms with E-state index < -0.39 is 0 Å². The molecule has 1 amide bonds. The molecule has 110 valence electrons. The molecule has 1 aliphatic rings. The Morgan fingerprint density at radius 1 is 1.45 bits per heavy atom. The van der Waals surface area contributed by atoms with Gasteiger partial charge in [-0.25, -0.2) is 0 Å². The zero-order valence-electron chi connectivity index (χ0n) is 12.4. The average Bonchev–Trinajstić information content (AvgIpc) is 2.45. The first-order valence-electron chi connectivity index (χ1n) is 7.30. The SMILES string of the molecule is COc1ccccc1CNC(=O)CN1CCCC(C)C1. The summed E-state index contributed by atoms with van der Waals surface area (Å²) in [7, 11) is 1.65. The van der Waals surface area contributed by atoms with E-state index >= 15 is 0 Å². The number of hydrogen-bond acceptors (Lipinski definition) is 3. The maximum atomic E-state index is 12.0. The van der Waals surface area contributed by atoms with Gasteiger partial charge in [-0.05, 0) is 31.4 Å². The Balaban J connectivity index is 1.80. The Morgan fingerprint density at radius 3 is 3.00 bits per heavy atom. The van der Waals surface area contributed by atoms with E-state index in [2.05, 4.69) is 17.1 Å². The Labute approximate surface area is 121 Å². The summed E-state index contributed by atoms with van der Waals surface area (Å²) in [4.78, 5) is 14.2. The van der Waals surface area contributed by atoms with E-state index in [9.17, 15) is 4.79 Å². The van der Waals surface area contributed by atoms with Crippen LogP contribution in [0.15, 0.2) is 24.3 Å². The van der Waals surface area contributed by atoms with Crippen molar-refractivity contribution in [2.45, 2.75) is 26.3 Å². The van der Waals surface area contributed by atoms with Gasteiger partial charge in [0.2, 0.25) is 5.91 Å². The number of carbonyl (C=O) groups is 1. The first-order valence-corrected chi connectivity index (χ1v) is 7.30. The molecule has 0 radical (unpaired) electrons. The molecule has 1 atom stereocenters. The largest absolute Gasteiger partial charge is 0.496 e. The summed E-state index contributed by atoms with van der Waals surface area (Å²) in [5.74, 6) is 1.61. The zero-order valence-corrected chi connectivity index (χ0v) is 12.4. The van der Waals surface area contributed by atoms with E-state index in [1.165, 1.54) is 12.8 Å². The number of para-hydroxylation sites is 1. The van der Waals surface area contributed by atoms with Crippen molar-refractivity contribution < 1.29 is 9.53 Å². The van der Waals surface area contributed by atoms with E-state index in [-0.39, 0.29) is 5.91 Å². The highest BCUT2D eigenvalue weighted by Gasteiger charge is 2.18. The average molecular weight is 276 g/mol. The molecule has 1 aliphatic heterocycles. The lowest BCUT2D eigenvalue weighted by atomic mass is 10.0. The number of ether oxygens (including phenoxy) is 1. The summed E-state index contributed by atoms with van der Waals surface area (Å²) in [5, 5.41) is 2.98. The number of hydrogen-bond donors (Lipinski definition) is 1. The third-order valence-electron chi connectivity index (χ3n) is 3.78. The number of methoxy groups -OCH3 is 1. The number of carbonyl (C=O) groups excluding carboxylic acids is 1. The molecular weight excluding hydrogens is 252 g/mol. The molecule has 0 aromatic heterocycles. The summed E-state index contributed by atoms with van der Waals surface area (Å²) >= 11 is 0. The van der Waals surface area contributed by atoms with Crippen molar-refractivity contribution in [3.8, 4) is 5.75 Å². The van der Waals surface area contributed by atoms with Crippen molar-refractivity contribution in [1.29, 1.82) is 0 Å². The number of likely N-dealkylation sites (tertiary alicyclic amines) is 1. The van der Waals surface area contributed by atoms with Crippen LogP contribution in [-0.2, 0) is 11.3 Å². The van der Waals surface area contributed by atoms with Gasteiger partial charge in [-0.2, -0.15) is 0 Å². The molecule has 1 aromatic carbocycles. The Morgan fingerprint density at radius 2 is 2.25 bits per heavy atom. The number of nitrogens with zero attached hydrogens (tertiary/aromatic N) is 1. The molecule has 0 aliphatic carbocycles. The third kappa shape index (κ3) is 4.23. The quantitative estimate of drug-likeness (QED) is 0.895. The molecule has 1 unspecified atom stereocenters. The van der Waals surface area contributed by atoms with Gasteiger partial charge in [0.15, 0.2) is 0 Å². The van der Waals surface area contributed by atoms with Crippen molar-refractivity contribution >= 4 is 5.91 Å². The van der Waals surface area contributed by atoms with Gasteiger partial charge in [0.1, 0.15) is 5.75 Å². The second kappa shape index (κ2) is 7.29. The lowest BCUT2D eigenvalue weighted by Crippen LogP contribution is -2.41. The van der Waals surface area contributed by atoms with Gasteiger partial charge in [0.25, 0.3) is 0 Å². The number of piperidine rings is 1. The second-order valence-corrected chi connectivity index (χ2v) is 5.57. The fraction of sp³-hybridized carbons (Fsp3) is 0.562. The number of amides is 1. The maximum absolute atomic E-state index is 12.0. The summed E-state index contributed by atoms with van der Waals surface area (Å²) in [6.07, 6.45) is 2.47. The Bertz CT molecular complexity index is 448. The smallest absolute Gasteiger partial charge is 0.234 e. The molecule has 1 N–H and O–H groups in total. The summed E-state index contributed by atoms with van der Waals surface area (Å²) in [6, 6.07) is 7.77. The van der Waals surface area contributed by atoms with Crippen LogP contribution < -0.4 is 10.1 Å². The molecule has 1 fully saturated rings. The van der Waals surface area contributed by atoms with E-state index in [0.29, 0.717) is 19.0 Å². The van der Waals surface area contributed by atoms with Crippen LogP contribution in [0.1, 0.15) is 25.3 Å². The van der Waals surface area contributed by atoms with Crippen molar-refractivity contribution in [3.63, 3.8) is 0 Å². The first-order chi connectivity index (χ1) is 9.69. The van der Waals surface area contributed by atoms with Crippen LogP contribution in [0, 0.1) is 5.92 Å². The third-order valence-corrected chi connectivity index (χ3v) is 3.78. The Kier molecular flexibility index (Phi) is 5.41. The molecule has 1 saturated heterocycles. The molecule has 4 nitrogen and oxygen atoms in total. The molecule has 0 bridgehead atoms. The first kappa shape index (κ1) is 14.9. The van der Waals surface area contributed by atoms with Gasteiger partial charge >= 0.3 is 0 Å². The molecule has 0 saturated carbocycles. The zero-order chi connectivity index (χ0) is 14.4. The second-order valence-electron chi connectivity index (χ2n) is 5.57. The lowest BCUT2D eigenvalue weighted by molar-refractivity contribution is -0.122. The number of benzene rings is 1. The van der Waals surface area contributed by atoms with Crippen LogP contribution in [-0.4, -0.2) is 37.6 Å². The van der Waals surface area contributed by atoms with Gasteiger partial charge < -0.3 is 10.1 Å². The molecule has 1 heterocycles. The van der Waals surface area contributed by atoms with Gasteiger partial charge in [0.05, 0.1) is 13.7 Å². The van der Waals surface area contributed by atoms with Crippen LogP contribution in [0.4, 0.5) is 0 Å². The highest BCUT2D eigenvalue weighted by atomic mass is 16.5. The number of rotatable bonds is 5. The predicted molar refractivity (Wildman–Crippen MR) is 79.7 cm³/mol. The molecule has 2 rings (SSSR count). The van der Waals surface area contributed by atoms with Gasteiger partial charge in [-0.15, -0.1) is 0 Å². The topological polar surface area (TPSA) is 41.6 Å². The van der Waals surface area contributed by atoms with Crippen molar-refractivity contribution in [3.05, 3.63) is 29.8 Å². The molecule has 4 heteroatoms. The molecular formula is C16H24N2O2. The van der Waals surface area contributed by atoms with Crippen molar-refractivity contribution in [2.75, 3.05) is 26.7 Å². The van der Waals surface area contributed by atoms with E-state index in [1.807, 2.05) is 24.3 Å². The molecule has 1 aromatic rings. The van der Waals surface area contributed by atoms with E-state index in [0.717, 1.165) is 24.4 Å². The highest BCUT2D eigenvalue weighted by molar-refractivity contribution is 5.78. The molecule has 20 heavy (non-hydrogen) atoms.